The van der Waals surface area contributed by atoms with Gasteiger partial charge in [0.05, 0.1) is 6.61 Å². The molecule has 0 unspecified atom stereocenters. The van der Waals surface area contributed by atoms with Crippen molar-refractivity contribution in [3.63, 3.8) is 0 Å². The Kier molecular flexibility index (Phi) is 5.10. The van der Waals surface area contributed by atoms with Crippen molar-refractivity contribution in [1.29, 1.82) is 0 Å². The predicted octanol–water partition coefficient (Wildman–Crippen LogP) is -1.88. The zero-order valence-corrected chi connectivity index (χ0v) is 9.79. The zero-order valence-electron chi connectivity index (χ0n) is 9.79. The van der Waals surface area contributed by atoms with E-state index in [9.17, 15) is 28.2 Å². The fourth-order valence-corrected chi connectivity index (χ4v) is 1.67. The van der Waals surface area contributed by atoms with Crippen molar-refractivity contribution in [3.8, 4) is 0 Å². The van der Waals surface area contributed by atoms with Crippen LogP contribution in [-0.4, -0.2) is 71.8 Å². The minimum Gasteiger partial charge on any atom is -0.394 e. The van der Waals surface area contributed by atoms with Crippen molar-refractivity contribution >= 4 is 5.91 Å². The summed E-state index contributed by atoms with van der Waals surface area (Å²) in [7, 11) is 1.08. The van der Waals surface area contributed by atoms with Gasteiger partial charge in [-0.3, -0.25) is 4.79 Å². The van der Waals surface area contributed by atoms with Gasteiger partial charge in [-0.05, 0) is 0 Å². The first-order valence-corrected chi connectivity index (χ1v) is 5.25. The van der Waals surface area contributed by atoms with E-state index < -0.39 is 49.3 Å². The van der Waals surface area contributed by atoms with Gasteiger partial charge in [-0.2, -0.15) is 13.2 Å². The summed E-state index contributed by atoms with van der Waals surface area (Å²) in [5, 5.41) is 29.5. The van der Waals surface area contributed by atoms with E-state index in [1.165, 1.54) is 5.32 Å². The van der Waals surface area contributed by atoms with Crippen LogP contribution in [0.25, 0.3) is 0 Å². The molecule has 1 fully saturated rings. The third kappa shape index (κ3) is 3.54. The van der Waals surface area contributed by atoms with Crippen LogP contribution < -0.4 is 5.32 Å². The average molecular weight is 289 g/mol. The molecule has 112 valence electrons. The largest absolute Gasteiger partial charge is 0.471 e. The van der Waals surface area contributed by atoms with Crippen LogP contribution in [0.2, 0.25) is 0 Å². The van der Waals surface area contributed by atoms with Gasteiger partial charge in [0.2, 0.25) is 0 Å². The number of carbonyl (C=O) groups is 1. The van der Waals surface area contributed by atoms with Crippen LogP contribution in [0.1, 0.15) is 0 Å². The maximum absolute atomic E-state index is 12.1. The molecule has 0 aromatic carbocycles. The van der Waals surface area contributed by atoms with Gasteiger partial charge in [-0.1, -0.05) is 0 Å². The van der Waals surface area contributed by atoms with Gasteiger partial charge in [0.25, 0.3) is 0 Å². The number of aliphatic hydroxyl groups excluding tert-OH is 3. The summed E-state index contributed by atoms with van der Waals surface area (Å²) < 4.78 is 46.0. The first-order valence-electron chi connectivity index (χ1n) is 5.25. The molecule has 0 spiro atoms. The van der Waals surface area contributed by atoms with Gasteiger partial charge in [0, 0.05) is 7.11 Å². The van der Waals surface area contributed by atoms with E-state index in [0.717, 1.165) is 7.11 Å². The molecule has 0 aromatic rings. The van der Waals surface area contributed by atoms with Gasteiger partial charge >= 0.3 is 12.1 Å². The Morgan fingerprint density at radius 3 is 2.37 bits per heavy atom. The molecule has 4 N–H and O–H groups in total. The van der Waals surface area contributed by atoms with Crippen LogP contribution in [0, 0.1) is 0 Å². The van der Waals surface area contributed by atoms with Gasteiger partial charge in [0.1, 0.15) is 24.4 Å². The van der Waals surface area contributed by atoms with Gasteiger partial charge in [0.15, 0.2) is 6.29 Å². The van der Waals surface area contributed by atoms with E-state index in [1.807, 2.05) is 0 Å². The number of aliphatic hydroxyl groups is 3. The third-order valence-corrected chi connectivity index (χ3v) is 2.67. The molecule has 10 heteroatoms. The lowest BCUT2D eigenvalue weighted by Crippen LogP contribution is -2.65. The van der Waals surface area contributed by atoms with Crippen LogP contribution in [-0.2, 0) is 14.3 Å². The van der Waals surface area contributed by atoms with E-state index in [-0.39, 0.29) is 0 Å². The van der Waals surface area contributed by atoms with Crippen LogP contribution in [0.5, 0.6) is 0 Å². The average Bonchev–Trinajstić information content (AvgIpc) is 2.34. The van der Waals surface area contributed by atoms with E-state index in [4.69, 9.17) is 9.84 Å². The minimum atomic E-state index is -5.14. The molecule has 7 nitrogen and oxygen atoms in total. The molecule has 0 radical (unpaired) electrons. The number of halogens is 3. The SMILES string of the molecule is CO[C@@H]1O[C@H](CO)[C@@H](O)[C@H](O)[C@H]1NC(=O)C(F)(F)F. The maximum Gasteiger partial charge on any atom is 0.471 e. The maximum atomic E-state index is 12.1. The number of methoxy groups -OCH3 is 1. The normalized spacial score (nSPS) is 36.1. The van der Waals surface area contributed by atoms with Crippen molar-refractivity contribution in [1.82, 2.24) is 5.32 Å². The monoisotopic (exact) mass is 289 g/mol. The lowest BCUT2D eigenvalue weighted by atomic mass is 9.97. The Bertz CT molecular complexity index is 324. The highest BCUT2D eigenvalue weighted by Crippen LogP contribution is 2.23. The number of ether oxygens (including phenoxy) is 2. The van der Waals surface area contributed by atoms with Crippen molar-refractivity contribution in [2.24, 2.45) is 0 Å². The molecule has 1 aliphatic heterocycles. The van der Waals surface area contributed by atoms with Gasteiger partial charge < -0.3 is 30.1 Å². The summed E-state index contributed by atoms with van der Waals surface area (Å²) >= 11 is 0. The standard InChI is InChI=1S/C9H14F3NO6/c1-18-7-4(13-8(17)9(10,11)12)6(16)5(15)3(2-14)19-7/h3-7,14-16H,2H2,1H3,(H,13,17)/t3-,4-,5-,6-,7-/m1/s1. The summed E-state index contributed by atoms with van der Waals surface area (Å²) in [5.74, 6) is -2.29. The molecule has 0 aliphatic carbocycles. The number of hydrogen-bond acceptors (Lipinski definition) is 6. The quantitative estimate of drug-likeness (QED) is 0.484. The Morgan fingerprint density at radius 2 is 1.95 bits per heavy atom. The molecule has 0 bridgehead atoms. The predicted molar refractivity (Wildman–Crippen MR) is 52.8 cm³/mol. The second-order valence-electron chi connectivity index (χ2n) is 3.94. The highest BCUT2D eigenvalue weighted by Gasteiger charge is 2.48. The Hall–Kier alpha value is -0.940. The van der Waals surface area contributed by atoms with Crippen molar-refractivity contribution in [3.05, 3.63) is 0 Å². The molecule has 1 rings (SSSR count). The summed E-state index contributed by atoms with van der Waals surface area (Å²) in [6.07, 6.45) is -11.2. The molecule has 1 amide bonds. The number of alkyl halides is 3. The first kappa shape index (κ1) is 16.1. The first-order chi connectivity index (χ1) is 8.72. The van der Waals surface area contributed by atoms with Crippen molar-refractivity contribution < 1.29 is 42.8 Å². The molecule has 0 saturated carbocycles. The minimum absolute atomic E-state index is 0.669. The van der Waals surface area contributed by atoms with Crippen LogP contribution in [0.4, 0.5) is 13.2 Å². The van der Waals surface area contributed by atoms with Crippen molar-refractivity contribution in [2.45, 2.75) is 36.8 Å². The lowest BCUT2D eigenvalue weighted by molar-refractivity contribution is -0.264. The highest BCUT2D eigenvalue weighted by molar-refractivity contribution is 5.82. The topological polar surface area (TPSA) is 108 Å². The Balaban J connectivity index is 2.82. The number of carbonyl (C=O) groups excluding carboxylic acids is 1. The van der Waals surface area contributed by atoms with Crippen LogP contribution >= 0.6 is 0 Å². The van der Waals surface area contributed by atoms with Gasteiger partial charge in [-0.25, -0.2) is 0 Å². The second-order valence-corrected chi connectivity index (χ2v) is 3.94. The highest BCUT2D eigenvalue weighted by atomic mass is 19.4. The molecule has 5 atom stereocenters. The molecule has 19 heavy (non-hydrogen) atoms. The number of hydrogen-bond donors (Lipinski definition) is 4. The van der Waals surface area contributed by atoms with Crippen LogP contribution in [0.3, 0.4) is 0 Å². The number of amides is 1. The number of rotatable bonds is 3. The molecule has 1 heterocycles. The van der Waals surface area contributed by atoms with Gasteiger partial charge in [-0.15, -0.1) is 0 Å². The Labute approximate surface area is 105 Å². The molecule has 0 aromatic heterocycles. The Morgan fingerprint density at radius 1 is 1.37 bits per heavy atom. The zero-order chi connectivity index (χ0) is 14.8. The van der Waals surface area contributed by atoms with Crippen LogP contribution in [0.15, 0.2) is 0 Å². The van der Waals surface area contributed by atoms with Crippen molar-refractivity contribution in [2.75, 3.05) is 13.7 Å². The second kappa shape index (κ2) is 6.01. The summed E-state index contributed by atoms with van der Waals surface area (Å²) in [6, 6.07) is -1.61. The molecule has 1 aliphatic rings. The smallest absolute Gasteiger partial charge is 0.394 e. The fraction of sp³-hybridized carbons (Fsp3) is 0.889. The molecular weight excluding hydrogens is 275 g/mol. The summed E-state index contributed by atoms with van der Waals surface area (Å²) in [6.45, 7) is -0.669. The summed E-state index contributed by atoms with van der Waals surface area (Å²) in [4.78, 5) is 10.8. The fourth-order valence-electron chi connectivity index (χ4n) is 1.67. The van der Waals surface area contributed by atoms with E-state index in [2.05, 4.69) is 4.74 Å². The number of nitrogens with one attached hydrogen (secondary N) is 1. The van der Waals surface area contributed by atoms with E-state index in [1.54, 1.807) is 0 Å². The van der Waals surface area contributed by atoms with E-state index in [0.29, 0.717) is 0 Å². The third-order valence-electron chi connectivity index (χ3n) is 2.67. The molecular formula is C9H14F3NO6. The van der Waals surface area contributed by atoms with E-state index >= 15 is 0 Å². The molecule has 1 saturated heterocycles. The summed E-state index contributed by atoms with van der Waals surface area (Å²) in [5.41, 5.74) is 0. The lowest BCUT2D eigenvalue weighted by Gasteiger charge is -2.41.